The highest BCUT2D eigenvalue weighted by molar-refractivity contribution is 6.21. The zero-order valence-corrected chi connectivity index (χ0v) is 6.71. The van der Waals surface area contributed by atoms with E-state index in [4.69, 9.17) is 16.3 Å². The third-order valence-electron chi connectivity index (χ3n) is 3.69. The molecule has 0 N–H and O–H groups in total. The maximum Gasteiger partial charge on any atom is 0.0647 e. The van der Waals surface area contributed by atoms with Gasteiger partial charge in [-0.25, -0.2) is 0 Å². The number of methoxy groups -OCH3 is 1. The van der Waals surface area contributed by atoms with Crippen molar-refractivity contribution in [1.29, 1.82) is 0 Å². The van der Waals surface area contributed by atoms with Crippen LogP contribution in [0.2, 0.25) is 0 Å². The Bertz CT molecular complexity index is 182. The fourth-order valence-corrected chi connectivity index (χ4v) is 3.92. The summed E-state index contributed by atoms with van der Waals surface area (Å²) in [6.45, 7) is 0. The predicted molar refractivity (Wildman–Crippen MR) is 39.0 cm³/mol. The molecule has 56 valence electrons. The van der Waals surface area contributed by atoms with Crippen LogP contribution in [0.1, 0.15) is 6.42 Å². The predicted octanol–water partition coefficient (Wildman–Crippen LogP) is 1.50. The van der Waals surface area contributed by atoms with Crippen molar-refractivity contribution in [2.75, 3.05) is 7.11 Å². The molecule has 1 nitrogen and oxygen atoms in total. The monoisotopic (exact) mass is 158 g/mol. The van der Waals surface area contributed by atoms with E-state index in [9.17, 15) is 0 Å². The van der Waals surface area contributed by atoms with Gasteiger partial charge in [-0.15, -0.1) is 11.6 Å². The molecule has 0 aromatic carbocycles. The molecule has 6 atom stereocenters. The Morgan fingerprint density at radius 3 is 2.30 bits per heavy atom. The van der Waals surface area contributed by atoms with Crippen molar-refractivity contribution in [2.24, 2.45) is 23.7 Å². The first kappa shape index (κ1) is 5.84. The molecule has 4 rings (SSSR count). The van der Waals surface area contributed by atoms with Crippen molar-refractivity contribution in [2.45, 2.75) is 17.9 Å². The Hall–Kier alpha value is 0.250. The molecule has 4 aliphatic rings. The van der Waals surface area contributed by atoms with E-state index in [-0.39, 0.29) is 0 Å². The number of halogens is 1. The molecule has 0 amide bonds. The van der Waals surface area contributed by atoms with Crippen molar-refractivity contribution in [3.05, 3.63) is 0 Å². The first-order chi connectivity index (χ1) is 4.84. The average Bonchev–Trinajstić information content (AvgIpc) is 2.29. The number of rotatable bonds is 1. The zero-order valence-electron chi connectivity index (χ0n) is 5.96. The van der Waals surface area contributed by atoms with Crippen LogP contribution in [-0.2, 0) is 4.74 Å². The van der Waals surface area contributed by atoms with E-state index >= 15 is 0 Å². The van der Waals surface area contributed by atoms with Crippen molar-refractivity contribution < 1.29 is 4.74 Å². The zero-order chi connectivity index (χ0) is 6.88. The maximum atomic E-state index is 6.19. The van der Waals surface area contributed by atoms with E-state index < -0.39 is 0 Å². The first-order valence-electron chi connectivity index (χ1n) is 4.01. The molecule has 4 bridgehead atoms. The smallest absolute Gasteiger partial charge is 0.0647 e. The molecule has 10 heavy (non-hydrogen) atoms. The van der Waals surface area contributed by atoms with E-state index in [0.717, 1.165) is 17.8 Å². The molecule has 0 aromatic heterocycles. The topological polar surface area (TPSA) is 9.23 Å². The van der Waals surface area contributed by atoms with Gasteiger partial charge in [-0.05, 0) is 24.2 Å². The minimum absolute atomic E-state index is 0.458. The van der Waals surface area contributed by atoms with Gasteiger partial charge < -0.3 is 4.74 Å². The second-order valence-electron chi connectivity index (χ2n) is 3.86. The van der Waals surface area contributed by atoms with Crippen LogP contribution < -0.4 is 0 Å². The third kappa shape index (κ3) is 0.417. The third-order valence-corrected chi connectivity index (χ3v) is 4.30. The second-order valence-corrected chi connectivity index (χ2v) is 4.37. The van der Waals surface area contributed by atoms with Gasteiger partial charge in [0.05, 0.1) is 6.10 Å². The number of ether oxygens (including phenoxy) is 1. The molecule has 0 spiro atoms. The Labute approximate surface area is 65.7 Å². The molecule has 0 saturated heterocycles. The highest BCUT2D eigenvalue weighted by Gasteiger charge is 2.73. The van der Waals surface area contributed by atoms with E-state index in [1.807, 2.05) is 7.11 Å². The fraction of sp³-hybridized carbons (Fsp3) is 1.00. The van der Waals surface area contributed by atoms with Crippen LogP contribution >= 0.6 is 11.6 Å². The second kappa shape index (κ2) is 1.54. The summed E-state index contributed by atoms with van der Waals surface area (Å²) in [6.07, 6.45) is 1.87. The molecule has 2 unspecified atom stereocenters. The molecule has 0 radical (unpaired) electrons. The summed E-state index contributed by atoms with van der Waals surface area (Å²) in [7, 11) is 1.82. The van der Waals surface area contributed by atoms with Crippen LogP contribution in [0.3, 0.4) is 0 Å². The molecule has 4 saturated carbocycles. The van der Waals surface area contributed by atoms with E-state index in [1.165, 1.54) is 6.42 Å². The number of hydrogen-bond acceptors (Lipinski definition) is 1. The van der Waals surface area contributed by atoms with Gasteiger partial charge in [-0.2, -0.15) is 0 Å². The summed E-state index contributed by atoms with van der Waals surface area (Å²) in [5.74, 6) is 3.36. The molecule has 0 aromatic rings. The summed E-state index contributed by atoms with van der Waals surface area (Å²) in [4.78, 5) is 0. The summed E-state index contributed by atoms with van der Waals surface area (Å²) in [6, 6.07) is 0. The van der Waals surface area contributed by atoms with Crippen LogP contribution in [-0.4, -0.2) is 18.6 Å². The Morgan fingerprint density at radius 2 is 2.10 bits per heavy atom. The Kier molecular flexibility index (Phi) is 0.897. The van der Waals surface area contributed by atoms with Gasteiger partial charge >= 0.3 is 0 Å². The van der Waals surface area contributed by atoms with Gasteiger partial charge in [0.2, 0.25) is 0 Å². The number of hydrogen-bond donors (Lipinski definition) is 0. The standard InChI is InChI=1S/C8H11ClO/c1-10-8-4-2-3-5(6(3)8)7(4)9/h3-8H,2H2,1H3/t3-,4-,5?,6?,7+,8+/m0/s1. The van der Waals surface area contributed by atoms with Gasteiger partial charge in [0.15, 0.2) is 0 Å². The van der Waals surface area contributed by atoms with Gasteiger partial charge in [-0.1, -0.05) is 0 Å². The Morgan fingerprint density at radius 1 is 1.30 bits per heavy atom. The van der Waals surface area contributed by atoms with E-state index in [1.54, 1.807) is 0 Å². The van der Waals surface area contributed by atoms with Gasteiger partial charge in [-0.3, -0.25) is 0 Å². The van der Waals surface area contributed by atoms with Crippen molar-refractivity contribution >= 4 is 11.6 Å². The average molecular weight is 159 g/mol. The van der Waals surface area contributed by atoms with Crippen molar-refractivity contribution in [3.8, 4) is 0 Å². The molecule has 4 aliphatic carbocycles. The van der Waals surface area contributed by atoms with Crippen LogP contribution in [0.25, 0.3) is 0 Å². The summed E-state index contributed by atoms with van der Waals surface area (Å²) in [5, 5.41) is 0.458. The maximum absolute atomic E-state index is 6.19. The minimum Gasteiger partial charge on any atom is -0.381 e. The largest absolute Gasteiger partial charge is 0.381 e. The lowest BCUT2D eigenvalue weighted by atomic mass is 10.1. The summed E-state index contributed by atoms with van der Waals surface area (Å²) < 4.78 is 5.40. The highest BCUT2D eigenvalue weighted by Crippen LogP contribution is 2.72. The first-order valence-corrected chi connectivity index (χ1v) is 4.45. The molecule has 2 heteroatoms. The molecule has 0 aliphatic heterocycles. The SMILES string of the molecule is CO[C@H]1C2C3[C@@H]2C[C@H]1[C@H]3Cl. The van der Waals surface area contributed by atoms with Gasteiger partial charge in [0.25, 0.3) is 0 Å². The lowest BCUT2D eigenvalue weighted by molar-refractivity contribution is 0.0727. The van der Waals surface area contributed by atoms with Crippen molar-refractivity contribution in [3.63, 3.8) is 0 Å². The molecule has 4 fully saturated rings. The number of alkyl halides is 1. The molecule has 0 heterocycles. The lowest BCUT2D eigenvalue weighted by Gasteiger charge is -2.13. The molecular formula is C8H11ClO. The fourth-order valence-electron chi connectivity index (χ4n) is 3.32. The highest BCUT2D eigenvalue weighted by atomic mass is 35.5. The molecular weight excluding hydrogens is 148 g/mol. The minimum atomic E-state index is 0.458. The van der Waals surface area contributed by atoms with E-state index in [0.29, 0.717) is 17.4 Å². The van der Waals surface area contributed by atoms with Crippen molar-refractivity contribution in [1.82, 2.24) is 0 Å². The van der Waals surface area contributed by atoms with Crippen LogP contribution in [0.15, 0.2) is 0 Å². The van der Waals surface area contributed by atoms with Crippen LogP contribution in [0.4, 0.5) is 0 Å². The summed E-state index contributed by atoms with van der Waals surface area (Å²) in [5.41, 5.74) is 0. The van der Waals surface area contributed by atoms with Crippen LogP contribution in [0, 0.1) is 23.7 Å². The Balaban J connectivity index is 1.95. The quantitative estimate of drug-likeness (QED) is 0.526. The lowest BCUT2D eigenvalue weighted by Crippen LogP contribution is -2.18. The van der Waals surface area contributed by atoms with Crippen LogP contribution in [0.5, 0.6) is 0 Å². The normalized spacial score (nSPS) is 69.0. The summed E-state index contributed by atoms with van der Waals surface area (Å²) >= 11 is 6.19. The van der Waals surface area contributed by atoms with Gasteiger partial charge in [0.1, 0.15) is 0 Å². The van der Waals surface area contributed by atoms with Gasteiger partial charge in [0, 0.05) is 18.4 Å². The van der Waals surface area contributed by atoms with E-state index in [2.05, 4.69) is 0 Å².